The summed E-state index contributed by atoms with van der Waals surface area (Å²) in [7, 11) is 2.77. The fraction of sp³-hybridized carbons (Fsp3) is 0.357. The highest BCUT2D eigenvalue weighted by Gasteiger charge is 2.24. The monoisotopic (exact) mass is 369 g/mol. The van der Waals surface area contributed by atoms with Crippen molar-refractivity contribution in [2.45, 2.75) is 4.90 Å². The molecule has 0 fully saturated rings. The molecule has 0 N–H and O–H groups in total. The van der Waals surface area contributed by atoms with Crippen LogP contribution in [0, 0.1) is 0 Å². The number of benzene rings is 1. The number of hydrogen-bond acceptors (Lipinski definition) is 7. The molecular formula is C14H19N5O3S2. The molecule has 0 unspecified atom stereocenters. The van der Waals surface area contributed by atoms with Gasteiger partial charge in [-0.1, -0.05) is 6.58 Å². The first kappa shape index (κ1) is 18.3. The van der Waals surface area contributed by atoms with Crippen LogP contribution < -0.4 is 4.90 Å². The number of nitrogens with zero attached hydrogens (tertiary/aromatic N) is 5. The molecule has 1 aromatic carbocycles. The van der Waals surface area contributed by atoms with Crippen molar-refractivity contribution in [1.82, 2.24) is 18.0 Å². The largest absolute Gasteiger partial charge is 0.355 e. The maximum atomic E-state index is 12.4. The van der Waals surface area contributed by atoms with Gasteiger partial charge in [0.1, 0.15) is 15.9 Å². The van der Waals surface area contributed by atoms with Crippen LogP contribution in [0.1, 0.15) is 0 Å². The Balaban J connectivity index is 2.47. The first-order valence-corrected chi connectivity index (χ1v) is 9.13. The Hall–Kier alpha value is -2.04. The van der Waals surface area contributed by atoms with Gasteiger partial charge in [-0.25, -0.2) is 12.7 Å². The van der Waals surface area contributed by atoms with Gasteiger partial charge in [-0.3, -0.25) is 4.79 Å². The molecule has 10 heteroatoms. The van der Waals surface area contributed by atoms with Crippen LogP contribution in [-0.2, 0) is 14.8 Å². The van der Waals surface area contributed by atoms with Gasteiger partial charge < -0.3 is 9.80 Å². The second-order valence-corrected chi connectivity index (χ2v) is 8.06. The Morgan fingerprint density at radius 2 is 1.83 bits per heavy atom. The Kier molecular flexibility index (Phi) is 5.21. The third kappa shape index (κ3) is 3.25. The predicted octanol–water partition coefficient (Wildman–Crippen LogP) is 0.980. The Bertz CT molecular complexity index is 876. The van der Waals surface area contributed by atoms with Crippen LogP contribution in [0.15, 0.2) is 29.7 Å². The number of aromatic nitrogens is 2. The van der Waals surface area contributed by atoms with E-state index in [1.54, 1.807) is 25.1 Å². The average Bonchev–Trinajstić information content (AvgIpc) is 3.01. The number of amides is 1. The van der Waals surface area contributed by atoms with Crippen molar-refractivity contribution in [3.63, 3.8) is 0 Å². The molecule has 0 spiro atoms. The first-order valence-electron chi connectivity index (χ1n) is 6.96. The number of likely N-dealkylation sites (N-methyl/N-ethyl adjacent to an activating group) is 1. The van der Waals surface area contributed by atoms with Crippen LogP contribution in [0.25, 0.3) is 11.0 Å². The van der Waals surface area contributed by atoms with E-state index in [9.17, 15) is 13.2 Å². The Morgan fingerprint density at radius 3 is 2.42 bits per heavy atom. The van der Waals surface area contributed by atoms with Gasteiger partial charge in [-0.2, -0.15) is 8.75 Å². The molecule has 0 atom stereocenters. The lowest BCUT2D eigenvalue weighted by Crippen LogP contribution is -2.36. The van der Waals surface area contributed by atoms with Gasteiger partial charge in [0.25, 0.3) is 0 Å². The normalized spacial score (nSPS) is 11.7. The van der Waals surface area contributed by atoms with Gasteiger partial charge in [0.2, 0.25) is 15.9 Å². The van der Waals surface area contributed by atoms with E-state index in [1.807, 2.05) is 0 Å². The highest BCUT2D eigenvalue weighted by atomic mass is 32.2. The SMILES string of the molecule is C=CC(=O)N(C)CN(C)c1ccc(S(=O)(=O)N(C)C)c2nsnc12. The number of carbonyl (C=O) groups is 1. The molecule has 8 nitrogen and oxygen atoms in total. The first-order chi connectivity index (χ1) is 11.2. The molecule has 0 bridgehead atoms. The van der Waals surface area contributed by atoms with Gasteiger partial charge >= 0.3 is 0 Å². The van der Waals surface area contributed by atoms with Gasteiger partial charge in [0.15, 0.2) is 0 Å². The summed E-state index contributed by atoms with van der Waals surface area (Å²) >= 11 is 0.950. The van der Waals surface area contributed by atoms with Gasteiger partial charge in [0.05, 0.1) is 24.1 Å². The van der Waals surface area contributed by atoms with Gasteiger partial charge in [-0.05, 0) is 18.2 Å². The third-order valence-corrected chi connectivity index (χ3v) is 5.88. The average molecular weight is 369 g/mol. The molecular weight excluding hydrogens is 350 g/mol. The maximum absolute atomic E-state index is 12.4. The summed E-state index contributed by atoms with van der Waals surface area (Å²) in [6, 6.07) is 3.19. The standard InChI is InChI=1S/C14H19N5O3S2/c1-6-12(20)19(5)9-18(4)10-7-8-11(24(21,22)17(2)3)14-13(10)15-23-16-14/h6-8H,1,9H2,2-5H3. The second kappa shape index (κ2) is 6.83. The van der Waals surface area contributed by atoms with E-state index in [0.717, 1.165) is 16.0 Å². The molecule has 0 aliphatic heterocycles. The van der Waals surface area contributed by atoms with E-state index < -0.39 is 10.0 Å². The van der Waals surface area contributed by atoms with Crippen LogP contribution in [0.2, 0.25) is 0 Å². The zero-order chi connectivity index (χ0) is 18.1. The van der Waals surface area contributed by atoms with Crippen molar-refractivity contribution in [3.8, 4) is 0 Å². The zero-order valence-corrected chi connectivity index (χ0v) is 15.6. The van der Waals surface area contributed by atoms with Gasteiger partial charge in [-0.15, -0.1) is 0 Å². The fourth-order valence-electron chi connectivity index (χ4n) is 2.16. The molecule has 0 aliphatic rings. The highest BCUT2D eigenvalue weighted by molar-refractivity contribution is 7.89. The van der Waals surface area contributed by atoms with E-state index in [-0.39, 0.29) is 10.8 Å². The summed E-state index contributed by atoms with van der Waals surface area (Å²) in [4.78, 5) is 15.0. The van der Waals surface area contributed by atoms with Crippen molar-refractivity contribution in [1.29, 1.82) is 0 Å². The summed E-state index contributed by atoms with van der Waals surface area (Å²) in [6.45, 7) is 3.76. The van der Waals surface area contributed by atoms with Crippen LogP contribution in [-0.4, -0.2) is 67.1 Å². The van der Waals surface area contributed by atoms with E-state index >= 15 is 0 Å². The molecule has 1 amide bonds. The topological polar surface area (TPSA) is 86.7 Å². The molecule has 24 heavy (non-hydrogen) atoms. The van der Waals surface area contributed by atoms with E-state index in [1.165, 1.54) is 31.1 Å². The van der Waals surface area contributed by atoms with E-state index in [0.29, 0.717) is 23.4 Å². The summed E-state index contributed by atoms with van der Waals surface area (Å²) in [5.41, 5.74) is 1.51. The van der Waals surface area contributed by atoms with Crippen LogP contribution >= 0.6 is 11.7 Å². The zero-order valence-electron chi connectivity index (χ0n) is 13.9. The highest BCUT2D eigenvalue weighted by Crippen LogP contribution is 2.31. The maximum Gasteiger partial charge on any atom is 0.247 e. The summed E-state index contributed by atoms with van der Waals surface area (Å²) in [5, 5.41) is 0. The number of sulfonamides is 1. The molecule has 130 valence electrons. The summed E-state index contributed by atoms with van der Waals surface area (Å²) in [5.74, 6) is -0.207. The lowest BCUT2D eigenvalue weighted by molar-refractivity contribution is -0.124. The molecule has 0 saturated heterocycles. The van der Waals surface area contributed by atoms with Crippen LogP contribution in [0.5, 0.6) is 0 Å². The molecule has 1 heterocycles. The molecule has 0 radical (unpaired) electrons. The van der Waals surface area contributed by atoms with Crippen molar-refractivity contribution in [2.75, 3.05) is 39.8 Å². The molecule has 0 aliphatic carbocycles. The minimum atomic E-state index is -3.62. The van der Waals surface area contributed by atoms with E-state index in [4.69, 9.17) is 0 Å². The second-order valence-electron chi connectivity index (χ2n) is 5.41. The number of carbonyl (C=O) groups excluding carboxylic acids is 1. The van der Waals surface area contributed by atoms with E-state index in [2.05, 4.69) is 15.3 Å². The minimum absolute atomic E-state index is 0.115. The molecule has 1 aromatic heterocycles. The molecule has 2 aromatic rings. The van der Waals surface area contributed by atoms with Crippen molar-refractivity contribution >= 4 is 44.4 Å². The predicted molar refractivity (Wildman–Crippen MR) is 94.5 cm³/mol. The number of anilines is 1. The summed E-state index contributed by atoms with van der Waals surface area (Å²) in [6.07, 6.45) is 1.24. The Labute approximate surface area is 145 Å². The number of rotatable bonds is 6. The lowest BCUT2D eigenvalue weighted by atomic mass is 10.2. The Morgan fingerprint density at radius 1 is 1.21 bits per heavy atom. The lowest BCUT2D eigenvalue weighted by Gasteiger charge is -2.26. The molecule has 0 saturated carbocycles. The quantitative estimate of drug-likeness (QED) is 0.557. The fourth-order valence-corrected chi connectivity index (χ4v) is 3.81. The third-order valence-electron chi connectivity index (χ3n) is 3.50. The smallest absolute Gasteiger partial charge is 0.247 e. The number of fused-ring (bicyclic) bond motifs is 1. The van der Waals surface area contributed by atoms with Crippen LogP contribution in [0.3, 0.4) is 0 Å². The van der Waals surface area contributed by atoms with Gasteiger partial charge in [0, 0.05) is 28.2 Å². The summed E-state index contributed by atoms with van der Waals surface area (Å²) < 4.78 is 34.3. The van der Waals surface area contributed by atoms with Crippen molar-refractivity contribution in [2.24, 2.45) is 0 Å². The van der Waals surface area contributed by atoms with Crippen molar-refractivity contribution in [3.05, 3.63) is 24.8 Å². The van der Waals surface area contributed by atoms with Crippen molar-refractivity contribution < 1.29 is 13.2 Å². The molecule has 2 rings (SSSR count). The number of hydrogen-bond donors (Lipinski definition) is 0. The minimum Gasteiger partial charge on any atom is -0.355 e. The van der Waals surface area contributed by atoms with Crippen LogP contribution in [0.4, 0.5) is 5.69 Å².